The summed E-state index contributed by atoms with van der Waals surface area (Å²) in [6.45, 7) is 2.81. The maximum absolute atomic E-state index is 11.7. The minimum atomic E-state index is -0.250. The van der Waals surface area contributed by atoms with Gasteiger partial charge in [0.05, 0.1) is 35.7 Å². The molecule has 4 heterocycles. The van der Waals surface area contributed by atoms with Crippen molar-refractivity contribution in [2.45, 2.75) is 33.1 Å². The molecule has 0 aliphatic carbocycles. The molecule has 4 aromatic rings. The van der Waals surface area contributed by atoms with E-state index in [4.69, 9.17) is 34.8 Å². The molecule has 0 fully saturated rings. The molecule has 0 radical (unpaired) electrons. The summed E-state index contributed by atoms with van der Waals surface area (Å²) in [4.78, 5) is 51.3. The molecule has 17 heteroatoms. The molecule has 0 atom stereocenters. The van der Waals surface area contributed by atoms with Gasteiger partial charge in [-0.1, -0.05) is 35.0 Å². The van der Waals surface area contributed by atoms with E-state index in [9.17, 15) is 19.2 Å². The number of pyridine rings is 2. The molecule has 0 saturated carbocycles. The van der Waals surface area contributed by atoms with Crippen molar-refractivity contribution < 1.29 is 70.6 Å². The molecule has 4 aromatic heterocycles. The van der Waals surface area contributed by atoms with Crippen molar-refractivity contribution in [2.24, 2.45) is 0 Å². The molecule has 1 amide bonds. The van der Waals surface area contributed by atoms with Crippen LogP contribution in [0.4, 0.5) is 5.69 Å². The van der Waals surface area contributed by atoms with E-state index in [1.54, 1.807) is 47.9 Å². The molecule has 0 bridgehead atoms. The molecule has 228 valence electrons. The topological polar surface area (TPSA) is 142 Å². The van der Waals surface area contributed by atoms with E-state index < -0.39 is 0 Å². The van der Waals surface area contributed by atoms with Crippen LogP contribution >= 0.6 is 46.6 Å². The molecule has 0 aliphatic rings. The number of ketones is 1. The zero-order chi connectivity index (χ0) is 31.8. The number of rotatable bonds is 10. The number of carbonyl (C=O) groups is 4. The Kier molecular flexibility index (Phi) is 20.1. The summed E-state index contributed by atoms with van der Waals surface area (Å²) in [5, 5.41) is 11.2. The van der Waals surface area contributed by atoms with Gasteiger partial charge in [-0.2, -0.15) is 10.2 Å². The SMILES string of the molecule is CC(=O)SCCC(=O)Nc1cn(-c2cccnc2)nc1Cl.CC(=O)[S-].O=C(CCCl)Cc1cn(-c2cccnc2)nc1Cl.[K+]. The maximum atomic E-state index is 11.7. The number of nitrogens with zero attached hydrogens (tertiary/aromatic N) is 6. The second-order valence-electron chi connectivity index (χ2n) is 8.37. The summed E-state index contributed by atoms with van der Waals surface area (Å²) in [5.41, 5.74) is 2.68. The Labute approximate surface area is 322 Å². The number of amides is 1. The van der Waals surface area contributed by atoms with Crippen molar-refractivity contribution in [2.75, 3.05) is 16.9 Å². The third-order valence-electron chi connectivity index (χ3n) is 4.90. The number of hydrogen-bond acceptors (Lipinski definition) is 10. The fourth-order valence-corrected chi connectivity index (χ4v) is 4.25. The molecule has 1 N–H and O–H groups in total. The minimum Gasteiger partial charge on any atom is -0.742 e. The van der Waals surface area contributed by atoms with Crippen LogP contribution in [0.5, 0.6) is 0 Å². The average Bonchev–Trinajstić information content (AvgIpc) is 3.51. The van der Waals surface area contributed by atoms with Crippen LogP contribution in [0.1, 0.15) is 32.3 Å². The summed E-state index contributed by atoms with van der Waals surface area (Å²) in [5.74, 6) is 0.608. The van der Waals surface area contributed by atoms with Gasteiger partial charge in [0.2, 0.25) is 5.91 Å². The predicted molar refractivity (Wildman–Crippen MR) is 171 cm³/mol. The Hall–Kier alpha value is -1.72. The van der Waals surface area contributed by atoms with E-state index in [1.165, 1.54) is 18.5 Å². The van der Waals surface area contributed by atoms with E-state index in [-0.39, 0.29) is 91.3 Å². The maximum Gasteiger partial charge on any atom is 1.00 e. The van der Waals surface area contributed by atoms with E-state index in [0.29, 0.717) is 34.5 Å². The number of carbonyl (C=O) groups excluding carboxylic acids is 4. The van der Waals surface area contributed by atoms with Crippen LogP contribution in [-0.2, 0) is 38.2 Å². The third-order valence-corrected chi connectivity index (χ3v) is 6.50. The van der Waals surface area contributed by atoms with Crippen LogP contribution in [0.15, 0.2) is 61.4 Å². The fraction of sp³-hybridized carbons (Fsp3) is 0.259. The van der Waals surface area contributed by atoms with Gasteiger partial charge in [-0.15, -0.1) is 11.6 Å². The molecular formula is C27H27Cl3KN7O4S2. The summed E-state index contributed by atoms with van der Waals surface area (Å²) in [7, 11) is 0. The van der Waals surface area contributed by atoms with Gasteiger partial charge in [0, 0.05) is 67.1 Å². The van der Waals surface area contributed by atoms with Gasteiger partial charge < -0.3 is 22.7 Å². The molecule has 0 spiro atoms. The third kappa shape index (κ3) is 15.5. The molecule has 11 nitrogen and oxygen atoms in total. The Morgan fingerprint density at radius 3 is 1.95 bits per heavy atom. The van der Waals surface area contributed by atoms with Gasteiger partial charge in [-0.25, -0.2) is 9.36 Å². The molecular weight excluding hydrogens is 696 g/mol. The molecule has 0 aliphatic heterocycles. The normalized spacial score (nSPS) is 9.84. The second-order valence-corrected chi connectivity index (χ2v) is 11.3. The predicted octanol–water partition coefficient (Wildman–Crippen LogP) is 2.27. The Morgan fingerprint density at radius 2 is 1.45 bits per heavy atom. The van der Waals surface area contributed by atoms with Crippen LogP contribution in [0.3, 0.4) is 0 Å². The first kappa shape index (κ1) is 40.3. The molecule has 44 heavy (non-hydrogen) atoms. The second kappa shape index (κ2) is 21.9. The fourth-order valence-electron chi connectivity index (χ4n) is 3.09. The summed E-state index contributed by atoms with van der Waals surface area (Å²) >= 11 is 22.6. The molecule has 0 aromatic carbocycles. The number of alkyl halides is 1. The summed E-state index contributed by atoms with van der Waals surface area (Å²) < 4.78 is 3.15. The van der Waals surface area contributed by atoms with Crippen molar-refractivity contribution in [3.05, 3.63) is 77.3 Å². The van der Waals surface area contributed by atoms with Crippen molar-refractivity contribution >= 4 is 86.8 Å². The van der Waals surface area contributed by atoms with E-state index in [0.717, 1.165) is 23.1 Å². The minimum absolute atomic E-state index is 0. The zero-order valence-electron chi connectivity index (χ0n) is 24.1. The Bertz CT molecular complexity index is 1510. The summed E-state index contributed by atoms with van der Waals surface area (Å²) in [6.07, 6.45) is 10.8. The molecule has 0 unspecified atom stereocenters. The average molecular weight is 723 g/mol. The van der Waals surface area contributed by atoms with Crippen molar-refractivity contribution in [1.29, 1.82) is 0 Å². The Morgan fingerprint density at radius 1 is 0.909 bits per heavy atom. The van der Waals surface area contributed by atoms with Gasteiger partial charge >= 0.3 is 51.4 Å². The quantitative estimate of drug-likeness (QED) is 0.147. The molecule has 0 saturated heterocycles. The number of hydrogen-bond donors (Lipinski definition) is 1. The van der Waals surface area contributed by atoms with Crippen LogP contribution < -0.4 is 56.7 Å². The standard InChI is InChI=1S/C13H13ClN4O2S.C12H11Cl2N3O.C2H4OS.K/c1-9(19)21-6-4-12(20)16-11-8-18(17-13(11)14)10-3-2-5-15-7-10;13-4-3-11(18)6-9-8-17(16-12(9)14)10-2-1-5-15-7-10;1-2(3)4;/h2-3,5,7-8H,4,6H2,1H3,(H,16,20);1-2,5,7-8H,3-4,6H2;1H3,(H,3,4);/q;;;+1/p-1. The van der Waals surface area contributed by atoms with E-state index in [2.05, 4.69) is 38.1 Å². The van der Waals surface area contributed by atoms with E-state index >= 15 is 0 Å². The van der Waals surface area contributed by atoms with E-state index in [1.807, 2.05) is 18.2 Å². The van der Waals surface area contributed by atoms with Gasteiger partial charge in [0.1, 0.15) is 5.78 Å². The monoisotopic (exact) mass is 721 g/mol. The van der Waals surface area contributed by atoms with Crippen molar-refractivity contribution in [1.82, 2.24) is 29.5 Å². The number of thioether (sulfide) groups is 1. The van der Waals surface area contributed by atoms with Gasteiger partial charge in [0.25, 0.3) is 0 Å². The number of aromatic nitrogens is 6. The Balaban J connectivity index is 0.000000388. The van der Waals surface area contributed by atoms with Crippen molar-refractivity contribution in [3.63, 3.8) is 0 Å². The number of nitrogens with one attached hydrogen (secondary N) is 1. The first-order valence-electron chi connectivity index (χ1n) is 12.5. The molecule has 4 rings (SSSR count). The largest absolute Gasteiger partial charge is 1.00 e. The smallest absolute Gasteiger partial charge is 0.742 e. The zero-order valence-corrected chi connectivity index (χ0v) is 31.1. The first-order chi connectivity index (χ1) is 20.5. The van der Waals surface area contributed by atoms with Gasteiger partial charge in [0.15, 0.2) is 15.4 Å². The van der Waals surface area contributed by atoms with Gasteiger partial charge in [-0.05, 0) is 31.2 Å². The van der Waals surface area contributed by atoms with Crippen LogP contribution in [-0.4, -0.2) is 63.1 Å². The number of anilines is 1. The summed E-state index contributed by atoms with van der Waals surface area (Å²) in [6, 6.07) is 7.28. The number of halogens is 3. The van der Waals surface area contributed by atoms with Crippen LogP contribution in [0.25, 0.3) is 11.4 Å². The first-order valence-corrected chi connectivity index (χ1v) is 15.2. The van der Waals surface area contributed by atoms with Gasteiger partial charge in [-0.3, -0.25) is 24.4 Å². The number of Topliss-reactive ketones (excluding diaryl/α,β-unsaturated/α-hetero) is 1. The van der Waals surface area contributed by atoms with Crippen LogP contribution in [0, 0.1) is 0 Å². The van der Waals surface area contributed by atoms with Crippen molar-refractivity contribution in [3.8, 4) is 11.4 Å². The van der Waals surface area contributed by atoms with Crippen LogP contribution in [0.2, 0.25) is 10.3 Å².